The van der Waals surface area contributed by atoms with Crippen LogP contribution in [0.4, 0.5) is 0 Å². The Hall–Kier alpha value is -0.850. The summed E-state index contributed by atoms with van der Waals surface area (Å²) < 4.78 is 0. The van der Waals surface area contributed by atoms with Gasteiger partial charge in [-0.1, -0.05) is 0 Å². The number of hydrogen-bond acceptors (Lipinski definition) is 5. The maximum Gasteiger partial charge on any atom is 0.345 e. The quantitative estimate of drug-likeness (QED) is 0.855. The molecule has 2 aromatic rings. The van der Waals surface area contributed by atoms with Crippen LogP contribution in [0.25, 0.3) is 0 Å². The van der Waals surface area contributed by atoms with E-state index >= 15 is 0 Å². The molecular formula is C9H7NO2S3. The third-order valence-electron chi connectivity index (χ3n) is 1.65. The molecule has 2 heterocycles. The van der Waals surface area contributed by atoms with E-state index in [9.17, 15) is 4.79 Å². The van der Waals surface area contributed by atoms with E-state index in [1.54, 1.807) is 34.7 Å². The van der Waals surface area contributed by atoms with Gasteiger partial charge in [-0.15, -0.1) is 34.4 Å². The number of nitrogens with zero attached hydrogens (tertiary/aromatic N) is 1. The summed E-state index contributed by atoms with van der Waals surface area (Å²) in [6.07, 6.45) is 1.84. The zero-order valence-electron chi connectivity index (χ0n) is 7.54. The topological polar surface area (TPSA) is 50.2 Å². The number of thiazole rings is 1. The van der Waals surface area contributed by atoms with Crippen molar-refractivity contribution in [2.75, 3.05) is 0 Å². The molecule has 0 saturated carbocycles. The number of carboxylic acids is 1. The largest absolute Gasteiger partial charge is 0.477 e. The van der Waals surface area contributed by atoms with E-state index in [-0.39, 0.29) is 0 Å². The molecule has 0 aliphatic heterocycles. The lowest BCUT2D eigenvalue weighted by Gasteiger charge is -1.93. The summed E-state index contributed by atoms with van der Waals surface area (Å²) in [6.45, 7) is 0. The third-order valence-corrected chi connectivity index (χ3v) is 4.70. The first-order valence-corrected chi connectivity index (χ1v) is 6.82. The first-order valence-electron chi connectivity index (χ1n) is 4.07. The zero-order valence-corrected chi connectivity index (χ0v) is 9.99. The van der Waals surface area contributed by atoms with E-state index in [1.165, 1.54) is 16.2 Å². The Kier molecular flexibility index (Phi) is 3.40. The van der Waals surface area contributed by atoms with Crippen molar-refractivity contribution >= 4 is 40.4 Å². The normalized spacial score (nSPS) is 10.4. The molecule has 0 atom stereocenters. The molecule has 2 aromatic heterocycles. The average Bonchev–Trinajstić information content (AvgIpc) is 2.86. The van der Waals surface area contributed by atoms with Crippen molar-refractivity contribution in [1.29, 1.82) is 0 Å². The van der Waals surface area contributed by atoms with Crippen LogP contribution in [0.1, 0.15) is 14.5 Å². The van der Waals surface area contributed by atoms with Gasteiger partial charge in [-0.05, 0) is 6.07 Å². The van der Waals surface area contributed by atoms with Gasteiger partial charge in [0.05, 0.1) is 5.51 Å². The summed E-state index contributed by atoms with van der Waals surface area (Å²) in [6, 6.07) is 1.71. The van der Waals surface area contributed by atoms with Crippen molar-refractivity contribution in [2.24, 2.45) is 0 Å². The predicted octanol–water partition coefficient (Wildman–Crippen LogP) is 3.20. The van der Waals surface area contributed by atoms with Gasteiger partial charge in [-0.25, -0.2) is 4.79 Å². The van der Waals surface area contributed by atoms with Gasteiger partial charge in [0.25, 0.3) is 0 Å². The van der Waals surface area contributed by atoms with E-state index in [0.29, 0.717) is 4.88 Å². The number of thioether (sulfide) groups is 1. The minimum absolute atomic E-state index is 0.391. The second kappa shape index (κ2) is 4.78. The molecule has 0 saturated heterocycles. The van der Waals surface area contributed by atoms with E-state index < -0.39 is 5.97 Å². The van der Waals surface area contributed by atoms with Gasteiger partial charge >= 0.3 is 5.97 Å². The summed E-state index contributed by atoms with van der Waals surface area (Å²) >= 11 is 4.51. The molecule has 0 bridgehead atoms. The van der Waals surface area contributed by atoms with Gasteiger partial charge in [-0.2, -0.15) is 0 Å². The molecule has 0 aromatic carbocycles. The molecule has 3 nitrogen and oxygen atoms in total. The minimum Gasteiger partial charge on any atom is -0.477 e. The van der Waals surface area contributed by atoms with Crippen LogP contribution in [0, 0.1) is 0 Å². The first-order chi connectivity index (χ1) is 7.25. The number of hydrogen-bond donors (Lipinski definition) is 1. The van der Waals surface area contributed by atoms with E-state index in [1.807, 2.05) is 11.6 Å². The van der Waals surface area contributed by atoms with Crippen molar-refractivity contribution in [3.05, 3.63) is 32.9 Å². The number of thiophene rings is 1. The lowest BCUT2D eigenvalue weighted by Crippen LogP contribution is -1.89. The van der Waals surface area contributed by atoms with Crippen LogP contribution in [0.5, 0.6) is 0 Å². The Morgan fingerprint density at radius 2 is 2.40 bits per heavy atom. The number of carbonyl (C=O) groups is 1. The fourth-order valence-electron chi connectivity index (χ4n) is 0.975. The van der Waals surface area contributed by atoms with Crippen LogP contribution in [-0.2, 0) is 5.75 Å². The molecule has 0 radical (unpaired) electrons. The van der Waals surface area contributed by atoms with E-state index in [2.05, 4.69) is 4.98 Å². The first kappa shape index (κ1) is 10.7. The summed E-state index contributed by atoms with van der Waals surface area (Å²) in [5, 5.41) is 10.6. The van der Waals surface area contributed by atoms with Crippen LogP contribution in [0.2, 0.25) is 0 Å². The van der Waals surface area contributed by atoms with Crippen LogP contribution in [0.15, 0.2) is 28.0 Å². The van der Waals surface area contributed by atoms with Gasteiger partial charge in [0.2, 0.25) is 0 Å². The smallest absolute Gasteiger partial charge is 0.345 e. The van der Waals surface area contributed by atoms with E-state index in [0.717, 1.165) is 10.6 Å². The molecule has 0 aliphatic carbocycles. The molecule has 0 spiro atoms. The SMILES string of the molecule is O=C(O)c1cc(SCc2cncs2)cs1. The Bertz CT molecular complexity index is 450. The van der Waals surface area contributed by atoms with Crippen molar-refractivity contribution in [1.82, 2.24) is 4.98 Å². The zero-order chi connectivity index (χ0) is 10.7. The van der Waals surface area contributed by atoms with Crippen molar-refractivity contribution in [3.63, 3.8) is 0 Å². The predicted molar refractivity (Wildman–Crippen MR) is 63.0 cm³/mol. The standard InChI is InChI=1S/C9H7NO2S3/c11-9(12)8-1-6(3-14-8)13-4-7-2-10-5-15-7/h1-3,5H,4H2,(H,11,12). The molecule has 0 unspecified atom stereocenters. The fourth-order valence-corrected chi connectivity index (χ4v) is 3.49. The number of rotatable bonds is 4. The van der Waals surface area contributed by atoms with Crippen molar-refractivity contribution in [3.8, 4) is 0 Å². The van der Waals surface area contributed by atoms with Crippen molar-refractivity contribution in [2.45, 2.75) is 10.6 Å². The molecule has 6 heteroatoms. The van der Waals surface area contributed by atoms with E-state index in [4.69, 9.17) is 5.11 Å². The highest BCUT2D eigenvalue weighted by Crippen LogP contribution is 2.28. The Labute approximate surface area is 98.8 Å². The summed E-state index contributed by atoms with van der Waals surface area (Å²) in [5.41, 5.74) is 1.80. The molecule has 78 valence electrons. The highest BCUT2D eigenvalue weighted by Gasteiger charge is 2.07. The molecule has 15 heavy (non-hydrogen) atoms. The Morgan fingerprint density at radius 3 is 3.00 bits per heavy atom. The highest BCUT2D eigenvalue weighted by atomic mass is 32.2. The summed E-state index contributed by atoms with van der Waals surface area (Å²) in [4.78, 5) is 17.2. The van der Waals surface area contributed by atoms with Gasteiger partial charge in [0.15, 0.2) is 0 Å². The van der Waals surface area contributed by atoms with Crippen LogP contribution in [-0.4, -0.2) is 16.1 Å². The third kappa shape index (κ3) is 2.80. The number of carboxylic acid groups (broad SMARTS) is 1. The van der Waals surface area contributed by atoms with Gasteiger partial charge in [0.1, 0.15) is 4.88 Å². The maximum absolute atomic E-state index is 10.6. The fraction of sp³-hybridized carbons (Fsp3) is 0.111. The molecular weight excluding hydrogens is 250 g/mol. The Balaban J connectivity index is 1.96. The summed E-state index contributed by atoms with van der Waals surface area (Å²) in [5.74, 6) is -0.00914. The lowest BCUT2D eigenvalue weighted by molar-refractivity contribution is 0.0702. The van der Waals surface area contributed by atoms with Crippen LogP contribution in [0.3, 0.4) is 0 Å². The molecule has 1 N–H and O–H groups in total. The average molecular weight is 257 g/mol. The van der Waals surface area contributed by atoms with Crippen LogP contribution < -0.4 is 0 Å². The lowest BCUT2D eigenvalue weighted by atomic mass is 10.5. The van der Waals surface area contributed by atoms with Crippen molar-refractivity contribution < 1.29 is 9.90 Å². The second-order valence-corrected chi connectivity index (χ2v) is 5.64. The molecule has 2 rings (SSSR count). The van der Waals surface area contributed by atoms with Gasteiger partial charge in [0, 0.05) is 27.1 Å². The highest BCUT2D eigenvalue weighted by molar-refractivity contribution is 7.98. The van der Waals surface area contributed by atoms with Crippen LogP contribution >= 0.6 is 34.4 Å². The number of aromatic carboxylic acids is 1. The maximum atomic E-state index is 10.6. The minimum atomic E-state index is -0.857. The number of aromatic nitrogens is 1. The molecule has 0 amide bonds. The van der Waals surface area contributed by atoms with Gasteiger partial charge in [-0.3, -0.25) is 4.98 Å². The monoisotopic (exact) mass is 257 g/mol. The molecule has 0 aliphatic rings. The summed E-state index contributed by atoms with van der Waals surface area (Å²) in [7, 11) is 0. The molecule has 0 fully saturated rings. The Morgan fingerprint density at radius 1 is 1.53 bits per heavy atom. The van der Waals surface area contributed by atoms with Gasteiger partial charge < -0.3 is 5.11 Å². The second-order valence-electron chi connectivity index (χ2n) is 2.71.